The molecule has 0 saturated carbocycles. The number of ether oxygens (including phenoxy) is 3. The van der Waals surface area contributed by atoms with Gasteiger partial charge in [-0.05, 0) is 54.8 Å². The molecule has 2 aromatic carbocycles. The van der Waals surface area contributed by atoms with Crippen molar-refractivity contribution in [2.45, 2.75) is 13.3 Å². The predicted molar refractivity (Wildman–Crippen MR) is 92.0 cm³/mol. The minimum atomic E-state index is -0.255. The van der Waals surface area contributed by atoms with Crippen molar-refractivity contribution in [2.24, 2.45) is 5.92 Å². The second-order valence-electron chi connectivity index (χ2n) is 5.88. The summed E-state index contributed by atoms with van der Waals surface area (Å²) in [6.07, 6.45) is 0.618. The summed E-state index contributed by atoms with van der Waals surface area (Å²) in [5.74, 6) is 1.89. The van der Waals surface area contributed by atoms with Crippen LogP contribution in [0.4, 0.5) is 5.69 Å². The molecule has 1 aliphatic rings. The van der Waals surface area contributed by atoms with Gasteiger partial charge in [0.25, 0.3) is 0 Å². The number of anilines is 1. The highest BCUT2D eigenvalue weighted by molar-refractivity contribution is 5.94. The van der Waals surface area contributed by atoms with Gasteiger partial charge < -0.3 is 19.5 Å². The fourth-order valence-corrected chi connectivity index (χ4v) is 2.82. The molecule has 0 saturated heterocycles. The van der Waals surface area contributed by atoms with E-state index >= 15 is 0 Å². The highest BCUT2D eigenvalue weighted by atomic mass is 16.5. The van der Waals surface area contributed by atoms with Gasteiger partial charge in [-0.3, -0.25) is 4.79 Å². The molecule has 0 unspecified atom stereocenters. The third-order valence-corrected chi connectivity index (χ3v) is 4.16. The molecular weight excluding hydrogens is 306 g/mol. The van der Waals surface area contributed by atoms with Crippen LogP contribution in [0, 0.1) is 12.8 Å². The number of aryl methyl sites for hydroxylation is 1. The Hall–Kier alpha value is -2.69. The van der Waals surface area contributed by atoms with Crippen molar-refractivity contribution in [2.75, 3.05) is 26.1 Å². The van der Waals surface area contributed by atoms with Gasteiger partial charge in [-0.25, -0.2) is 0 Å². The second-order valence-corrected chi connectivity index (χ2v) is 5.88. The number of hydrogen-bond donors (Lipinski definition) is 1. The highest BCUT2D eigenvalue weighted by Gasteiger charge is 2.27. The molecule has 24 heavy (non-hydrogen) atoms. The Kier molecular flexibility index (Phi) is 4.60. The molecule has 3 rings (SSSR count). The van der Waals surface area contributed by atoms with Gasteiger partial charge in [0, 0.05) is 0 Å². The first-order valence-electron chi connectivity index (χ1n) is 7.86. The number of carbonyl (C=O) groups is 1. The SMILES string of the molecule is COc1ccc2c(c1)C[C@@H](C(=O)Nc1cc(C)ccc1OC)CO2. The molecule has 1 amide bonds. The van der Waals surface area contributed by atoms with E-state index in [4.69, 9.17) is 14.2 Å². The first-order chi connectivity index (χ1) is 11.6. The van der Waals surface area contributed by atoms with E-state index in [0.717, 1.165) is 22.6 Å². The lowest BCUT2D eigenvalue weighted by molar-refractivity contribution is -0.121. The van der Waals surface area contributed by atoms with E-state index in [2.05, 4.69) is 5.32 Å². The van der Waals surface area contributed by atoms with Crippen LogP contribution >= 0.6 is 0 Å². The number of amides is 1. The Morgan fingerprint density at radius 1 is 1.17 bits per heavy atom. The minimum absolute atomic E-state index is 0.0765. The fraction of sp³-hybridized carbons (Fsp3) is 0.316. The molecule has 1 heterocycles. The molecule has 1 atom stereocenters. The zero-order valence-corrected chi connectivity index (χ0v) is 14.1. The van der Waals surface area contributed by atoms with Crippen LogP contribution < -0.4 is 19.5 Å². The number of benzene rings is 2. The summed E-state index contributed by atoms with van der Waals surface area (Å²) in [5, 5.41) is 2.96. The molecule has 0 aromatic heterocycles. The number of nitrogens with one attached hydrogen (secondary N) is 1. The molecule has 2 aromatic rings. The van der Waals surface area contributed by atoms with Gasteiger partial charge in [-0.2, -0.15) is 0 Å². The van der Waals surface area contributed by atoms with E-state index in [1.165, 1.54) is 0 Å². The van der Waals surface area contributed by atoms with E-state index in [9.17, 15) is 4.79 Å². The van der Waals surface area contributed by atoms with E-state index in [0.29, 0.717) is 24.5 Å². The maximum atomic E-state index is 12.6. The largest absolute Gasteiger partial charge is 0.497 e. The zero-order valence-electron chi connectivity index (χ0n) is 14.1. The molecule has 0 aliphatic carbocycles. The van der Waals surface area contributed by atoms with Gasteiger partial charge in [0.15, 0.2) is 0 Å². The quantitative estimate of drug-likeness (QED) is 0.937. The van der Waals surface area contributed by atoms with Gasteiger partial charge >= 0.3 is 0 Å². The molecule has 5 nitrogen and oxygen atoms in total. The maximum absolute atomic E-state index is 12.6. The lowest BCUT2D eigenvalue weighted by Gasteiger charge is -2.25. The fourth-order valence-electron chi connectivity index (χ4n) is 2.82. The molecule has 0 bridgehead atoms. The van der Waals surface area contributed by atoms with Gasteiger partial charge in [0.2, 0.25) is 5.91 Å². The summed E-state index contributed by atoms with van der Waals surface area (Å²) in [6, 6.07) is 11.4. The monoisotopic (exact) mass is 327 g/mol. The second kappa shape index (κ2) is 6.83. The van der Waals surface area contributed by atoms with Gasteiger partial charge in [-0.1, -0.05) is 6.07 Å². The van der Waals surface area contributed by atoms with Gasteiger partial charge in [-0.15, -0.1) is 0 Å². The Balaban J connectivity index is 1.76. The molecular formula is C19H21NO4. The molecule has 1 aliphatic heterocycles. The van der Waals surface area contributed by atoms with Crippen LogP contribution in [0.3, 0.4) is 0 Å². The van der Waals surface area contributed by atoms with Crippen LogP contribution in [0.2, 0.25) is 0 Å². The summed E-state index contributed by atoms with van der Waals surface area (Å²) in [6.45, 7) is 2.33. The van der Waals surface area contributed by atoms with Crippen LogP contribution in [0.1, 0.15) is 11.1 Å². The van der Waals surface area contributed by atoms with Crippen molar-refractivity contribution in [1.82, 2.24) is 0 Å². The summed E-state index contributed by atoms with van der Waals surface area (Å²) in [5.41, 5.74) is 2.72. The lowest BCUT2D eigenvalue weighted by Crippen LogP contribution is -2.32. The average Bonchev–Trinajstić information content (AvgIpc) is 2.61. The van der Waals surface area contributed by atoms with Crippen LogP contribution in [0.15, 0.2) is 36.4 Å². The number of hydrogen-bond acceptors (Lipinski definition) is 4. The molecule has 0 spiro atoms. The average molecular weight is 327 g/mol. The molecule has 126 valence electrons. The molecule has 0 fully saturated rings. The summed E-state index contributed by atoms with van der Waals surface area (Å²) >= 11 is 0. The minimum Gasteiger partial charge on any atom is -0.497 e. The van der Waals surface area contributed by atoms with Crippen LogP contribution in [-0.2, 0) is 11.2 Å². The lowest BCUT2D eigenvalue weighted by atomic mass is 9.95. The van der Waals surface area contributed by atoms with Crippen LogP contribution in [0.25, 0.3) is 0 Å². The van der Waals surface area contributed by atoms with Crippen molar-refractivity contribution < 1.29 is 19.0 Å². The molecule has 5 heteroatoms. The van der Waals surface area contributed by atoms with Crippen molar-refractivity contribution in [3.8, 4) is 17.2 Å². The summed E-state index contributed by atoms with van der Waals surface area (Å²) in [4.78, 5) is 12.6. The topological polar surface area (TPSA) is 56.8 Å². The Labute approximate surface area is 141 Å². The predicted octanol–water partition coefficient (Wildman–Crippen LogP) is 3.20. The Morgan fingerprint density at radius 3 is 2.75 bits per heavy atom. The van der Waals surface area contributed by atoms with E-state index < -0.39 is 0 Å². The van der Waals surface area contributed by atoms with E-state index in [-0.39, 0.29) is 11.8 Å². The first kappa shape index (κ1) is 16.2. The van der Waals surface area contributed by atoms with Gasteiger partial charge in [0.05, 0.1) is 25.8 Å². The van der Waals surface area contributed by atoms with Crippen molar-refractivity contribution >= 4 is 11.6 Å². The van der Waals surface area contributed by atoms with Crippen molar-refractivity contribution in [3.63, 3.8) is 0 Å². The highest BCUT2D eigenvalue weighted by Crippen LogP contribution is 2.32. The van der Waals surface area contributed by atoms with E-state index in [1.54, 1.807) is 14.2 Å². The van der Waals surface area contributed by atoms with Crippen molar-refractivity contribution in [1.29, 1.82) is 0 Å². The molecule has 1 N–H and O–H groups in total. The Bertz CT molecular complexity index is 757. The number of carbonyl (C=O) groups excluding carboxylic acids is 1. The standard InChI is InChI=1S/C19H21NO4/c1-12-4-6-18(23-3)16(8-12)20-19(21)14-9-13-10-15(22-2)5-7-17(13)24-11-14/h4-8,10,14H,9,11H2,1-3H3,(H,20,21)/t14-/m1/s1. The smallest absolute Gasteiger partial charge is 0.231 e. The third-order valence-electron chi connectivity index (χ3n) is 4.16. The zero-order chi connectivity index (χ0) is 17.1. The first-order valence-corrected chi connectivity index (χ1v) is 7.86. The summed E-state index contributed by atoms with van der Waals surface area (Å²) < 4.78 is 16.3. The third kappa shape index (κ3) is 3.30. The molecule has 0 radical (unpaired) electrons. The normalized spacial score (nSPS) is 15.9. The Morgan fingerprint density at radius 2 is 2.00 bits per heavy atom. The van der Waals surface area contributed by atoms with E-state index in [1.807, 2.05) is 43.3 Å². The van der Waals surface area contributed by atoms with Gasteiger partial charge in [0.1, 0.15) is 23.9 Å². The number of fused-ring (bicyclic) bond motifs is 1. The summed E-state index contributed by atoms with van der Waals surface area (Å²) in [7, 11) is 3.21. The van der Waals surface area contributed by atoms with Crippen LogP contribution in [-0.4, -0.2) is 26.7 Å². The number of methoxy groups -OCH3 is 2. The van der Waals surface area contributed by atoms with Crippen LogP contribution in [0.5, 0.6) is 17.2 Å². The van der Waals surface area contributed by atoms with Crippen molar-refractivity contribution in [3.05, 3.63) is 47.5 Å². The number of rotatable bonds is 4. The maximum Gasteiger partial charge on any atom is 0.231 e.